The molecule has 0 saturated heterocycles. The Bertz CT molecular complexity index is 781. The van der Waals surface area contributed by atoms with Gasteiger partial charge < -0.3 is 5.11 Å². The van der Waals surface area contributed by atoms with Crippen LogP contribution in [0.4, 0.5) is 0 Å². The average molecular weight is 367 g/mol. The van der Waals surface area contributed by atoms with Gasteiger partial charge in [0.2, 0.25) is 0 Å². The van der Waals surface area contributed by atoms with E-state index in [0.717, 1.165) is 24.0 Å². The first-order valence-corrected chi connectivity index (χ1v) is 9.68. The smallest absolute Gasteiger partial charge is 0.307 e. The van der Waals surface area contributed by atoms with E-state index < -0.39 is 15.8 Å². The molecule has 0 spiro atoms. The second-order valence-electron chi connectivity index (χ2n) is 5.62. The average Bonchev–Trinajstić information content (AvgIpc) is 2.53. The summed E-state index contributed by atoms with van der Waals surface area (Å²) < 4.78 is 24.4. The number of unbranched alkanes of at least 4 members (excludes halogenated alkanes) is 1. The van der Waals surface area contributed by atoms with E-state index in [1.165, 1.54) is 12.1 Å². The number of aryl methyl sites for hydroxylation is 1. The molecule has 0 aliphatic carbocycles. The summed E-state index contributed by atoms with van der Waals surface area (Å²) in [5.41, 5.74) is 1.84. The lowest BCUT2D eigenvalue weighted by Gasteiger charge is -2.06. The molecule has 0 aliphatic rings. The lowest BCUT2D eigenvalue weighted by Crippen LogP contribution is -2.07. The maximum atomic E-state index is 12.2. The van der Waals surface area contributed by atoms with Crippen molar-refractivity contribution in [3.63, 3.8) is 0 Å². The van der Waals surface area contributed by atoms with Crippen molar-refractivity contribution < 1.29 is 18.3 Å². The van der Waals surface area contributed by atoms with E-state index in [4.69, 9.17) is 16.7 Å². The fourth-order valence-electron chi connectivity index (χ4n) is 2.38. The van der Waals surface area contributed by atoms with Crippen molar-refractivity contribution in [2.45, 2.75) is 30.6 Å². The Labute approximate surface area is 147 Å². The highest BCUT2D eigenvalue weighted by Crippen LogP contribution is 2.17. The number of carbonyl (C=O) groups is 1. The third kappa shape index (κ3) is 5.65. The molecule has 128 valence electrons. The highest BCUT2D eigenvalue weighted by atomic mass is 35.5. The van der Waals surface area contributed by atoms with Crippen LogP contribution in [0.5, 0.6) is 0 Å². The summed E-state index contributed by atoms with van der Waals surface area (Å²) in [6, 6.07) is 13.6. The molecule has 2 rings (SSSR count). The van der Waals surface area contributed by atoms with Gasteiger partial charge in [0, 0.05) is 5.02 Å². The first kappa shape index (κ1) is 18.5. The summed E-state index contributed by atoms with van der Waals surface area (Å²) in [7, 11) is -3.28. The van der Waals surface area contributed by atoms with Crippen LogP contribution >= 0.6 is 11.6 Å². The summed E-state index contributed by atoms with van der Waals surface area (Å²) >= 11 is 5.77. The molecule has 0 atom stereocenters. The van der Waals surface area contributed by atoms with E-state index in [-0.39, 0.29) is 12.2 Å². The van der Waals surface area contributed by atoms with E-state index in [1.54, 1.807) is 24.3 Å². The number of aliphatic carboxylic acids is 1. The molecule has 4 nitrogen and oxygen atoms in total. The number of carboxylic acids is 1. The Balaban J connectivity index is 1.82. The van der Waals surface area contributed by atoms with Crippen molar-refractivity contribution in [2.24, 2.45) is 0 Å². The SMILES string of the molecule is O=C(O)Cc1ccc(CCCCS(=O)(=O)c2ccc(Cl)cc2)cc1. The third-order valence-corrected chi connectivity index (χ3v) is 5.75. The van der Waals surface area contributed by atoms with Crippen LogP contribution in [0, 0.1) is 0 Å². The minimum absolute atomic E-state index is 0.0135. The molecule has 2 aromatic rings. The van der Waals surface area contributed by atoms with Crippen molar-refractivity contribution in [1.29, 1.82) is 0 Å². The van der Waals surface area contributed by atoms with Crippen LogP contribution in [0.3, 0.4) is 0 Å². The number of carboxylic acid groups (broad SMARTS) is 1. The Hall–Kier alpha value is -1.85. The molecule has 1 N–H and O–H groups in total. The fourth-order valence-corrected chi connectivity index (χ4v) is 3.88. The first-order chi connectivity index (χ1) is 11.4. The van der Waals surface area contributed by atoms with Gasteiger partial charge in [0.15, 0.2) is 9.84 Å². The van der Waals surface area contributed by atoms with Gasteiger partial charge in [0.25, 0.3) is 0 Å². The molecular weight excluding hydrogens is 348 g/mol. The molecule has 0 saturated carbocycles. The van der Waals surface area contributed by atoms with E-state index in [9.17, 15) is 13.2 Å². The molecular formula is C18H19ClO4S. The fraction of sp³-hybridized carbons (Fsp3) is 0.278. The monoisotopic (exact) mass is 366 g/mol. The molecule has 0 amide bonds. The van der Waals surface area contributed by atoms with Gasteiger partial charge in [0.1, 0.15) is 0 Å². The standard InChI is InChI=1S/C18H19ClO4S/c19-16-8-10-17(11-9-16)24(22,23)12-2-1-3-14-4-6-15(7-5-14)13-18(20)21/h4-11H,1-3,12-13H2,(H,20,21). The van der Waals surface area contributed by atoms with Crippen molar-refractivity contribution in [3.05, 3.63) is 64.7 Å². The van der Waals surface area contributed by atoms with Crippen LogP contribution in [-0.4, -0.2) is 25.2 Å². The quantitative estimate of drug-likeness (QED) is 0.722. The minimum atomic E-state index is -3.28. The maximum absolute atomic E-state index is 12.2. The number of hydrogen-bond donors (Lipinski definition) is 1. The second kappa shape index (κ2) is 8.31. The van der Waals surface area contributed by atoms with E-state index in [1.807, 2.05) is 12.1 Å². The predicted molar refractivity (Wildman–Crippen MR) is 94.2 cm³/mol. The predicted octanol–water partition coefficient (Wildman–Crippen LogP) is 3.76. The molecule has 6 heteroatoms. The van der Waals surface area contributed by atoms with Crippen molar-refractivity contribution in [1.82, 2.24) is 0 Å². The van der Waals surface area contributed by atoms with Crippen LogP contribution in [-0.2, 0) is 27.5 Å². The minimum Gasteiger partial charge on any atom is -0.481 e. The number of halogens is 1. The summed E-state index contributed by atoms with van der Waals surface area (Å²) in [5, 5.41) is 9.24. The topological polar surface area (TPSA) is 71.4 Å². The van der Waals surface area contributed by atoms with Gasteiger partial charge in [-0.05, 0) is 54.7 Å². The molecule has 0 unspecified atom stereocenters. The van der Waals surface area contributed by atoms with Gasteiger partial charge in [-0.25, -0.2) is 8.42 Å². The van der Waals surface area contributed by atoms with Crippen LogP contribution in [0.1, 0.15) is 24.0 Å². The van der Waals surface area contributed by atoms with Gasteiger partial charge in [0.05, 0.1) is 17.1 Å². The summed E-state index contributed by atoms with van der Waals surface area (Å²) in [5.74, 6) is -0.749. The maximum Gasteiger partial charge on any atom is 0.307 e. The Morgan fingerprint density at radius 1 is 0.917 bits per heavy atom. The highest BCUT2D eigenvalue weighted by Gasteiger charge is 2.13. The second-order valence-corrected chi connectivity index (χ2v) is 8.16. The van der Waals surface area contributed by atoms with Crippen molar-refractivity contribution >= 4 is 27.4 Å². The summed E-state index contributed by atoms with van der Waals surface area (Å²) in [6.07, 6.45) is 2.11. The van der Waals surface area contributed by atoms with Gasteiger partial charge in [-0.1, -0.05) is 35.9 Å². The van der Waals surface area contributed by atoms with Crippen molar-refractivity contribution in [3.8, 4) is 0 Å². The Morgan fingerprint density at radius 2 is 1.50 bits per heavy atom. The molecule has 0 heterocycles. The molecule has 2 aromatic carbocycles. The zero-order valence-corrected chi connectivity index (χ0v) is 14.7. The molecule has 0 bridgehead atoms. The zero-order valence-electron chi connectivity index (χ0n) is 13.1. The van der Waals surface area contributed by atoms with Gasteiger partial charge >= 0.3 is 5.97 Å². The number of benzene rings is 2. The van der Waals surface area contributed by atoms with Gasteiger partial charge in [-0.2, -0.15) is 0 Å². The largest absolute Gasteiger partial charge is 0.481 e. The summed E-state index contributed by atoms with van der Waals surface area (Å²) in [4.78, 5) is 10.9. The number of rotatable bonds is 8. The van der Waals surface area contributed by atoms with E-state index in [0.29, 0.717) is 16.3 Å². The molecule has 0 aromatic heterocycles. The Kier molecular flexibility index (Phi) is 6.40. The van der Waals surface area contributed by atoms with E-state index in [2.05, 4.69) is 0 Å². The Morgan fingerprint density at radius 3 is 2.08 bits per heavy atom. The lowest BCUT2D eigenvalue weighted by atomic mass is 10.1. The molecule has 0 aliphatic heterocycles. The van der Waals surface area contributed by atoms with Gasteiger partial charge in [-0.3, -0.25) is 4.79 Å². The third-order valence-electron chi connectivity index (χ3n) is 3.68. The highest BCUT2D eigenvalue weighted by molar-refractivity contribution is 7.91. The normalized spacial score (nSPS) is 11.4. The molecule has 0 fully saturated rings. The summed E-state index contributed by atoms with van der Waals surface area (Å²) in [6.45, 7) is 0. The number of sulfone groups is 1. The molecule has 24 heavy (non-hydrogen) atoms. The van der Waals surface area contributed by atoms with Crippen LogP contribution in [0.25, 0.3) is 0 Å². The zero-order chi connectivity index (χ0) is 17.6. The van der Waals surface area contributed by atoms with Crippen molar-refractivity contribution in [2.75, 3.05) is 5.75 Å². The van der Waals surface area contributed by atoms with Gasteiger partial charge in [-0.15, -0.1) is 0 Å². The lowest BCUT2D eigenvalue weighted by molar-refractivity contribution is -0.136. The molecule has 0 radical (unpaired) electrons. The van der Waals surface area contributed by atoms with E-state index >= 15 is 0 Å². The number of hydrogen-bond acceptors (Lipinski definition) is 3. The van der Waals surface area contributed by atoms with Crippen LogP contribution < -0.4 is 0 Å². The first-order valence-electron chi connectivity index (χ1n) is 7.65. The van der Waals surface area contributed by atoms with Crippen LogP contribution in [0.15, 0.2) is 53.4 Å². The van der Waals surface area contributed by atoms with Crippen LogP contribution in [0.2, 0.25) is 5.02 Å².